The fourth-order valence-electron chi connectivity index (χ4n) is 3.20. The van der Waals surface area contributed by atoms with Crippen molar-refractivity contribution < 1.29 is 32.8 Å². The van der Waals surface area contributed by atoms with Gasteiger partial charge in [-0.3, -0.25) is 18.6 Å². The first-order valence-electron chi connectivity index (χ1n) is 11.7. The maximum atomic E-state index is 12.1. The molecule has 2 atom stereocenters. The zero-order valence-electron chi connectivity index (χ0n) is 21.9. The zero-order chi connectivity index (χ0) is 26.7. The maximum absolute atomic E-state index is 12.1. The van der Waals surface area contributed by atoms with Crippen LogP contribution >= 0.6 is 8.38 Å². The van der Waals surface area contributed by atoms with E-state index in [0.29, 0.717) is 17.7 Å². The number of carbonyl (C=O) groups is 2. The minimum absolute atomic E-state index is 0.0869. The Hall–Kier alpha value is -2.40. The Morgan fingerprint density at radius 2 is 1.64 bits per heavy atom. The number of aromatic nitrogens is 4. The molecule has 0 radical (unpaired) electrons. The second-order valence-electron chi connectivity index (χ2n) is 10.9. The highest BCUT2D eigenvalue weighted by Crippen LogP contribution is 2.51. The van der Waals surface area contributed by atoms with Gasteiger partial charge >= 0.3 is 11.9 Å². The third-order valence-corrected chi connectivity index (χ3v) is 6.79. The van der Waals surface area contributed by atoms with Crippen molar-refractivity contribution in [2.45, 2.75) is 67.0 Å². The molecule has 1 fully saturated rings. The lowest BCUT2D eigenvalue weighted by Gasteiger charge is -2.24. The lowest BCUT2D eigenvalue weighted by atomic mass is 9.98. The van der Waals surface area contributed by atoms with Crippen molar-refractivity contribution in [2.75, 3.05) is 25.7 Å². The van der Waals surface area contributed by atoms with Gasteiger partial charge in [0.15, 0.2) is 19.2 Å². The molecule has 0 saturated heterocycles. The highest BCUT2D eigenvalue weighted by Gasteiger charge is 2.53. The van der Waals surface area contributed by atoms with E-state index in [1.807, 2.05) is 4.57 Å². The number of nitrogens with two attached hydrogens (primary N) is 1. The van der Waals surface area contributed by atoms with Gasteiger partial charge in [0.2, 0.25) is 14.3 Å². The number of fused-ring (bicyclic) bond motifs is 1. The average Bonchev–Trinajstić information content (AvgIpc) is 3.24. The molecule has 1 saturated carbocycles. The van der Waals surface area contributed by atoms with Gasteiger partial charge in [0.05, 0.1) is 35.5 Å². The Balaban J connectivity index is 1.62. The largest absolute Gasteiger partial charge is 0.438 e. The number of imidazole rings is 1. The summed E-state index contributed by atoms with van der Waals surface area (Å²) >= 11 is 0. The van der Waals surface area contributed by atoms with E-state index in [2.05, 4.69) is 21.9 Å². The monoisotopic (exact) mass is 525 g/mol. The number of anilines is 1. The van der Waals surface area contributed by atoms with Crippen molar-refractivity contribution in [2.24, 2.45) is 16.7 Å². The van der Waals surface area contributed by atoms with E-state index in [4.69, 9.17) is 29.0 Å². The van der Waals surface area contributed by atoms with Crippen molar-refractivity contribution in [3.05, 3.63) is 12.5 Å². The molecule has 0 spiro atoms. The van der Waals surface area contributed by atoms with Crippen LogP contribution in [-0.4, -0.2) is 57.0 Å². The number of carbonyl (C=O) groups excluding carboxylic acids is 2. The maximum Gasteiger partial charge on any atom is 0.313 e. The van der Waals surface area contributed by atoms with E-state index in [1.165, 1.54) is 0 Å². The topological polar surface area (TPSA) is 150 Å². The summed E-state index contributed by atoms with van der Waals surface area (Å²) in [6, 6.07) is 0. The van der Waals surface area contributed by atoms with E-state index in [0.717, 1.165) is 6.42 Å². The Bertz CT molecular complexity index is 1050. The van der Waals surface area contributed by atoms with Crippen molar-refractivity contribution in [3.63, 3.8) is 0 Å². The molecule has 0 aliphatic heterocycles. The van der Waals surface area contributed by atoms with Crippen LogP contribution in [0.25, 0.3) is 11.2 Å². The van der Waals surface area contributed by atoms with Gasteiger partial charge in [-0.05, 0) is 53.9 Å². The third-order valence-electron chi connectivity index (χ3n) is 5.66. The first kappa shape index (κ1) is 28.2. The number of ether oxygens (including phenoxy) is 3. The van der Waals surface area contributed by atoms with E-state index < -0.39 is 36.7 Å². The number of nitrogens with zero attached hydrogens (tertiary/aromatic N) is 4. The highest BCUT2D eigenvalue weighted by molar-refractivity contribution is 7.47. The van der Waals surface area contributed by atoms with Crippen molar-refractivity contribution in [1.82, 2.24) is 19.5 Å². The first-order chi connectivity index (χ1) is 16.7. The Morgan fingerprint density at radius 1 is 1.08 bits per heavy atom. The third kappa shape index (κ3) is 7.32. The molecule has 2 unspecified atom stereocenters. The predicted octanol–water partition coefficient (Wildman–Crippen LogP) is 3.60. The second kappa shape index (κ2) is 10.9. The van der Waals surface area contributed by atoms with E-state index >= 15 is 0 Å². The molecule has 0 aromatic carbocycles. The molecule has 2 aromatic rings. The van der Waals surface area contributed by atoms with Crippen molar-refractivity contribution in [3.8, 4) is 0 Å². The molecule has 1 aliphatic rings. The standard InChI is InChI=1S/C23H36N5O7P/c1-15-8-23(15,10-28-11-26-16-9-25-20(24)27-17(16)28)33-14-36(34-12-31-18(29)21(2,3)4)35-13-32-19(30)22(5,6)7/h9,11,15H,8,10,12-14H2,1-7H3,(H2,24,25,27). The summed E-state index contributed by atoms with van der Waals surface area (Å²) < 4.78 is 30.0. The summed E-state index contributed by atoms with van der Waals surface area (Å²) in [4.78, 5) is 36.7. The van der Waals surface area contributed by atoms with Gasteiger partial charge in [-0.15, -0.1) is 0 Å². The van der Waals surface area contributed by atoms with E-state index in [-0.39, 0.29) is 31.8 Å². The minimum atomic E-state index is -1.69. The number of hydrogen-bond acceptors (Lipinski definition) is 11. The second-order valence-corrected chi connectivity index (χ2v) is 12.4. The van der Waals surface area contributed by atoms with Crippen LogP contribution in [0.1, 0.15) is 54.9 Å². The number of hydrogen-bond donors (Lipinski definition) is 1. The first-order valence-corrected chi connectivity index (χ1v) is 13.0. The van der Waals surface area contributed by atoms with Crippen LogP contribution in [0.5, 0.6) is 0 Å². The Morgan fingerprint density at radius 3 is 2.14 bits per heavy atom. The van der Waals surface area contributed by atoms with Crippen LogP contribution in [0.15, 0.2) is 12.5 Å². The van der Waals surface area contributed by atoms with Crippen LogP contribution in [0, 0.1) is 16.7 Å². The van der Waals surface area contributed by atoms with E-state index in [9.17, 15) is 9.59 Å². The summed E-state index contributed by atoms with van der Waals surface area (Å²) in [7, 11) is -1.69. The molecule has 0 amide bonds. The molecule has 1 aliphatic carbocycles. The quantitative estimate of drug-likeness (QED) is 0.260. The fourth-order valence-corrected chi connectivity index (χ4v) is 4.13. The molecule has 36 heavy (non-hydrogen) atoms. The van der Waals surface area contributed by atoms with Gasteiger partial charge in [0.1, 0.15) is 11.9 Å². The molecule has 3 rings (SSSR count). The molecule has 0 bridgehead atoms. The van der Waals surface area contributed by atoms with Crippen LogP contribution in [0.3, 0.4) is 0 Å². The summed E-state index contributed by atoms with van der Waals surface area (Å²) in [5.41, 5.74) is 5.20. The summed E-state index contributed by atoms with van der Waals surface area (Å²) in [6.45, 7) is 12.5. The van der Waals surface area contributed by atoms with Crippen molar-refractivity contribution >= 4 is 37.4 Å². The lowest BCUT2D eigenvalue weighted by molar-refractivity contribution is -0.161. The Kier molecular flexibility index (Phi) is 8.55. The van der Waals surface area contributed by atoms with Gasteiger partial charge in [-0.25, -0.2) is 9.97 Å². The van der Waals surface area contributed by atoms with E-state index in [1.54, 1.807) is 54.1 Å². The van der Waals surface area contributed by atoms with Gasteiger partial charge < -0.3 is 24.5 Å². The molecule has 13 heteroatoms. The summed E-state index contributed by atoms with van der Waals surface area (Å²) in [5, 5.41) is 0. The molecule has 200 valence electrons. The minimum Gasteiger partial charge on any atom is -0.438 e. The SMILES string of the molecule is CC1CC1(Cn1cnc2cnc(N)nc21)OCP(OCOC(=O)C(C)(C)C)OCOC(=O)C(C)(C)C. The van der Waals surface area contributed by atoms with Gasteiger partial charge in [0.25, 0.3) is 0 Å². The van der Waals surface area contributed by atoms with Crippen LogP contribution < -0.4 is 5.73 Å². The predicted molar refractivity (Wildman–Crippen MR) is 132 cm³/mol. The normalized spacial score (nSPS) is 20.1. The molecule has 2 N–H and O–H groups in total. The molecular weight excluding hydrogens is 489 g/mol. The molecular formula is C23H36N5O7P. The van der Waals surface area contributed by atoms with Crippen LogP contribution in [0.4, 0.5) is 5.95 Å². The zero-order valence-corrected chi connectivity index (χ0v) is 22.8. The Labute approximate surface area is 212 Å². The molecule has 12 nitrogen and oxygen atoms in total. The number of esters is 2. The summed E-state index contributed by atoms with van der Waals surface area (Å²) in [6.07, 6.45) is 4.16. The van der Waals surface area contributed by atoms with Gasteiger partial charge in [0, 0.05) is 0 Å². The van der Waals surface area contributed by atoms with Crippen LogP contribution in [-0.2, 0) is 39.4 Å². The lowest BCUT2D eigenvalue weighted by Crippen LogP contribution is -2.26. The average molecular weight is 526 g/mol. The van der Waals surface area contributed by atoms with Crippen molar-refractivity contribution in [1.29, 1.82) is 0 Å². The van der Waals surface area contributed by atoms with Gasteiger partial charge in [-0.2, -0.15) is 4.98 Å². The number of nitrogen functional groups attached to an aromatic ring is 1. The summed E-state index contributed by atoms with van der Waals surface area (Å²) in [5.74, 6) is -0.373. The van der Waals surface area contributed by atoms with Crippen LogP contribution in [0.2, 0.25) is 0 Å². The van der Waals surface area contributed by atoms with Gasteiger partial charge in [-0.1, -0.05) is 6.92 Å². The molecule has 2 heterocycles. The molecule has 2 aromatic heterocycles. The fraction of sp³-hybridized carbons (Fsp3) is 0.696. The number of rotatable bonds is 11. The smallest absolute Gasteiger partial charge is 0.313 e. The highest BCUT2D eigenvalue weighted by atomic mass is 31.2.